The monoisotopic (exact) mass is 211 g/mol. The number of hydrogen-bond donors (Lipinski definition) is 1. The third kappa shape index (κ3) is 3.82. The highest BCUT2D eigenvalue weighted by Gasteiger charge is 2.36. The van der Waals surface area contributed by atoms with Crippen LogP contribution >= 0.6 is 0 Å². The molecule has 1 radical (unpaired) electrons. The quantitative estimate of drug-likeness (QED) is 0.678. The molecule has 0 aliphatic heterocycles. The van der Waals surface area contributed by atoms with Gasteiger partial charge >= 0.3 is 14.4 Å². The maximum absolute atomic E-state index is 8.99. The largest absolute Gasteiger partial charge is 0.458 e. The summed E-state index contributed by atoms with van der Waals surface area (Å²) in [5, 5.41) is 8.99. The van der Waals surface area contributed by atoms with Crippen LogP contribution in [0, 0.1) is 5.92 Å². The van der Waals surface area contributed by atoms with Crippen LogP contribution in [-0.2, 0) is 9.31 Å². The standard InChI is InChI=1S/C10H21B2O3/c1-4-14-12(11-13)15-10(2,3)9-7-5-6-8-9/h9,13H,4-8H2,1-3H3. The zero-order valence-electron chi connectivity index (χ0n) is 10.0. The molecule has 0 aromatic rings. The van der Waals surface area contributed by atoms with Crippen LogP contribution in [-0.4, -0.2) is 31.6 Å². The van der Waals surface area contributed by atoms with Crippen LogP contribution in [0.4, 0.5) is 0 Å². The maximum atomic E-state index is 8.99. The highest BCUT2D eigenvalue weighted by atomic mass is 16.6. The van der Waals surface area contributed by atoms with E-state index in [-0.39, 0.29) is 5.60 Å². The fourth-order valence-electron chi connectivity index (χ4n) is 2.29. The second kappa shape index (κ2) is 5.92. The molecule has 3 nitrogen and oxygen atoms in total. The number of rotatable bonds is 6. The van der Waals surface area contributed by atoms with E-state index < -0.39 is 7.01 Å². The van der Waals surface area contributed by atoms with E-state index in [4.69, 9.17) is 14.3 Å². The number of hydrogen-bond acceptors (Lipinski definition) is 3. The molecule has 0 saturated heterocycles. The van der Waals surface area contributed by atoms with Gasteiger partial charge in [0.25, 0.3) is 0 Å². The Morgan fingerprint density at radius 2 is 2.00 bits per heavy atom. The van der Waals surface area contributed by atoms with Crippen LogP contribution in [0.25, 0.3) is 0 Å². The maximum Gasteiger partial charge on any atom is 0.438 e. The van der Waals surface area contributed by atoms with Crippen molar-refractivity contribution in [3.63, 3.8) is 0 Å². The van der Waals surface area contributed by atoms with Crippen molar-refractivity contribution >= 4 is 14.4 Å². The van der Waals surface area contributed by atoms with Crippen LogP contribution in [0.5, 0.6) is 0 Å². The van der Waals surface area contributed by atoms with Gasteiger partial charge in [0.1, 0.15) is 0 Å². The fourth-order valence-corrected chi connectivity index (χ4v) is 2.29. The van der Waals surface area contributed by atoms with Crippen molar-refractivity contribution in [2.45, 2.75) is 52.1 Å². The molecule has 85 valence electrons. The molecule has 1 aliphatic rings. The lowest BCUT2D eigenvalue weighted by Gasteiger charge is -2.34. The van der Waals surface area contributed by atoms with Crippen LogP contribution in [0.1, 0.15) is 46.5 Å². The Kier molecular flexibility index (Phi) is 5.16. The van der Waals surface area contributed by atoms with Crippen molar-refractivity contribution in [1.82, 2.24) is 0 Å². The van der Waals surface area contributed by atoms with E-state index in [9.17, 15) is 0 Å². The normalized spacial score (nSPS) is 18.1. The van der Waals surface area contributed by atoms with E-state index in [2.05, 4.69) is 13.8 Å². The Balaban J connectivity index is 2.44. The van der Waals surface area contributed by atoms with Gasteiger partial charge in [-0.05, 0) is 39.5 Å². The third-order valence-electron chi connectivity index (χ3n) is 3.21. The van der Waals surface area contributed by atoms with E-state index in [1.165, 1.54) is 25.7 Å². The van der Waals surface area contributed by atoms with Gasteiger partial charge in [-0.3, -0.25) is 0 Å². The van der Waals surface area contributed by atoms with Gasteiger partial charge in [-0.25, -0.2) is 0 Å². The highest BCUT2D eigenvalue weighted by Crippen LogP contribution is 2.36. The first-order valence-electron chi connectivity index (χ1n) is 5.87. The Labute approximate surface area is 93.9 Å². The zero-order valence-corrected chi connectivity index (χ0v) is 10.0. The molecule has 0 unspecified atom stereocenters. The minimum Gasteiger partial charge on any atom is -0.458 e. The van der Waals surface area contributed by atoms with Crippen LogP contribution in [0.3, 0.4) is 0 Å². The molecule has 1 N–H and O–H groups in total. The smallest absolute Gasteiger partial charge is 0.438 e. The predicted octanol–water partition coefficient (Wildman–Crippen LogP) is 1.60. The minimum absolute atomic E-state index is 0.213. The Morgan fingerprint density at radius 1 is 1.40 bits per heavy atom. The second-order valence-corrected chi connectivity index (χ2v) is 4.68. The molecule has 15 heavy (non-hydrogen) atoms. The van der Waals surface area contributed by atoms with E-state index >= 15 is 0 Å². The molecule has 1 aliphatic carbocycles. The molecular weight excluding hydrogens is 190 g/mol. The molecule has 1 rings (SSSR count). The molecule has 0 spiro atoms. The van der Waals surface area contributed by atoms with Crippen molar-refractivity contribution in [3.8, 4) is 0 Å². The molecular formula is C10H21B2O3. The van der Waals surface area contributed by atoms with Crippen LogP contribution in [0.15, 0.2) is 0 Å². The average molecular weight is 211 g/mol. The molecule has 5 heteroatoms. The van der Waals surface area contributed by atoms with E-state index in [0.29, 0.717) is 12.5 Å². The van der Waals surface area contributed by atoms with E-state index in [1.54, 1.807) is 0 Å². The molecule has 0 atom stereocenters. The minimum atomic E-state index is -0.592. The molecule has 0 amide bonds. The zero-order chi connectivity index (χ0) is 11.3. The van der Waals surface area contributed by atoms with E-state index in [0.717, 1.165) is 7.37 Å². The lowest BCUT2D eigenvalue weighted by molar-refractivity contribution is 0.0232. The topological polar surface area (TPSA) is 38.7 Å². The summed E-state index contributed by atoms with van der Waals surface area (Å²) >= 11 is 0. The third-order valence-corrected chi connectivity index (χ3v) is 3.21. The summed E-state index contributed by atoms with van der Waals surface area (Å²) < 4.78 is 11.0. The summed E-state index contributed by atoms with van der Waals surface area (Å²) in [6.45, 7) is 6.60. The Hall–Kier alpha value is 0.00987. The Morgan fingerprint density at radius 3 is 2.47 bits per heavy atom. The summed E-state index contributed by atoms with van der Waals surface area (Å²) in [7, 11) is 0.394. The SMILES string of the molecule is CCOB([B]O)OC(C)(C)C1CCCC1. The summed E-state index contributed by atoms with van der Waals surface area (Å²) in [5.41, 5.74) is -0.213. The first-order chi connectivity index (χ1) is 7.10. The highest BCUT2D eigenvalue weighted by molar-refractivity contribution is 7.02. The van der Waals surface area contributed by atoms with Gasteiger partial charge < -0.3 is 14.3 Å². The van der Waals surface area contributed by atoms with Crippen LogP contribution < -0.4 is 0 Å². The molecule has 1 fully saturated rings. The van der Waals surface area contributed by atoms with Gasteiger partial charge in [-0.15, -0.1) is 0 Å². The summed E-state index contributed by atoms with van der Waals surface area (Å²) in [4.78, 5) is 0. The molecule has 0 aromatic carbocycles. The van der Waals surface area contributed by atoms with Crippen molar-refractivity contribution in [2.75, 3.05) is 6.61 Å². The van der Waals surface area contributed by atoms with Gasteiger partial charge in [-0.2, -0.15) is 0 Å². The first kappa shape index (κ1) is 13.1. The molecule has 0 aromatic heterocycles. The lowest BCUT2D eigenvalue weighted by Crippen LogP contribution is -2.43. The van der Waals surface area contributed by atoms with Gasteiger partial charge in [0.05, 0.1) is 5.60 Å². The average Bonchev–Trinajstić information content (AvgIpc) is 2.70. The van der Waals surface area contributed by atoms with Crippen LogP contribution in [0.2, 0.25) is 0 Å². The Bertz CT molecular complexity index is 182. The summed E-state index contributed by atoms with van der Waals surface area (Å²) in [5.74, 6) is 0.584. The first-order valence-corrected chi connectivity index (χ1v) is 5.87. The summed E-state index contributed by atoms with van der Waals surface area (Å²) in [6, 6.07) is 0. The molecule has 0 bridgehead atoms. The van der Waals surface area contributed by atoms with E-state index in [1.807, 2.05) is 6.92 Å². The second-order valence-electron chi connectivity index (χ2n) is 4.68. The van der Waals surface area contributed by atoms with Crippen molar-refractivity contribution in [2.24, 2.45) is 5.92 Å². The summed E-state index contributed by atoms with van der Waals surface area (Å²) in [6.07, 6.45) is 5.02. The van der Waals surface area contributed by atoms with Gasteiger partial charge in [0, 0.05) is 6.61 Å². The van der Waals surface area contributed by atoms with Crippen molar-refractivity contribution in [3.05, 3.63) is 0 Å². The van der Waals surface area contributed by atoms with Gasteiger partial charge in [0.2, 0.25) is 0 Å². The predicted molar refractivity (Wildman–Crippen MR) is 62.5 cm³/mol. The van der Waals surface area contributed by atoms with Gasteiger partial charge in [-0.1, -0.05) is 12.8 Å². The van der Waals surface area contributed by atoms with Crippen molar-refractivity contribution in [1.29, 1.82) is 0 Å². The lowest BCUT2D eigenvalue weighted by atomic mass is 9.55. The fraction of sp³-hybridized carbons (Fsp3) is 1.00. The van der Waals surface area contributed by atoms with Crippen molar-refractivity contribution < 1.29 is 14.3 Å². The molecule has 1 saturated carbocycles. The molecule has 0 heterocycles. The van der Waals surface area contributed by atoms with Gasteiger partial charge in [0.15, 0.2) is 0 Å².